The van der Waals surface area contributed by atoms with Crippen molar-refractivity contribution in [3.8, 4) is 44.5 Å². The van der Waals surface area contributed by atoms with Gasteiger partial charge in [0.15, 0.2) is 0 Å². The highest BCUT2D eigenvalue weighted by molar-refractivity contribution is 6.22. The molecule has 72 heavy (non-hydrogen) atoms. The molecule has 0 fully saturated rings. The summed E-state index contributed by atoms with van der Waals surface area (Å²) in [7, 11) is 0. The average molecular weight is 929 g/mol. The molecule has 0 aromatic heterocycles. The first-order valence-corrected chi connectivity index (χ1v) is 25.2. The maximum absolute atomic E-state index is 2.43. The highest BCUT2D eigenvalue weighted by atomic mass is 15.1. The summed E-state index contributed by atoms with van der Waals surface area (Å²) in [6, 6.07) is 93.8. The van der Waals surface area contributed by atoms with Crippen LogP contribution in [0.4, 0.5) is 34.1 Å². The van der Waals surface area contributed by atoms with Gasteiger partial charge >= 0.3 is 0 Å². The molecule has 0 bridgehead atoms. The van der Waals surface area contributed by atoms with Gasteiger partial charge in [0.05, 0.1) is 0 Å². The number of para-hydroxylation sites is 2. The van der Waals surface area contributed by atoms with Gasteiger partial charge in [0.2, 0.25) is 0 Å². The molecule has 0 aliphatic rings. The van der Waals surface area contributed by atoms with Crippen LogP contribution < -0.4 is 9.80 Å². The summed E-state index contributed by atoms with van der Waals surface area (Å²) in [5, 5.41) is 4.75. The standard InChI is InChI=1S/C70H60N2/c1-69(2,3)55-35-39-59(40-36-55)71(57-23-15-9-16-24-57)61-43-45-63-65(47-61)67(53-31-27-51(28-32-53)49-19-11-7-12-20-49)64-46-44-62(48-66(64)68(63)54-33-29-52(30-34-54)50-21-13-8-14-22-50)72(58-25-17-10-18-26-58)60-41-37-56(38-42-60)70(4,5)6/h7-48H,1-6H3. The van der Waals surface area contributed by atoms with Gasteiger partial charge in [0.1, 0.15) is 0 Å². The molecule has 0 aliphatic heterocycles. The molecule has 11 aromatic carbocycles. The SMILES string of the molecule is CC(C)(C)c1ccc(N(c2ccccc2)c2ccc3c(-c4ccc(-c5ccccc5)cc4)c4cc(N(c5ccccc5)c5ccc(C(C)(C)C)cc5)ccc4c(-c4ccc(-c5ccccc5)cc4)c3c2)cc1. The van der Waals surface area contributed by atoms with Gasteiger partial charge in [-0.1, -0.05) is 224 Å². The highest BCUT2D eigenvalue weighted by Gasteiger charge is 2.24. The third kappa shape index (κ3) is 9.09. The Bertz CT molecular complexity index is 3380. The minimum atomic E-state index is 0.0373. The summed E-state index contributed by atoms with van der Waals surface area (Å²) in [6.45, 7) is 13.7. The van der Waals surface area contributed by atoms with Crippen molar-refractivity contribution in [1.82, 2.24) is 0 Å². The Morgan fingerprint density at radius 2 is 0.486 bits per heavy atom. The van der Waals surface area contributed by atoms with Gasteiger partial charge in [-0.25, -0.2) is 0 Å². The number of fused-ring (bicyclic) bond motifs is 2. The van der Waals surface area contributed by atoms with Crippen LogP contribution >= 0.6 is 0 Å². The monoisotopic (exact) mass is 928 g/mol. The third-order valence-corrected chi connectivity index (χ3v) is 14.2. The van der Waals surface area contributed by atoms with E-state index in [0.717, 1.165) is 34.1 Å². The van der Waals surface area contributed by atoms with Gasteiger partial charge in [0, 0.05) is 34.1 Å². The molecule has 0 spiro atoms. The lowest BCUT2D eigenvalue weighted by atomic mass is 9.84. The molecule has 0 heterocycles. The smallest absolute Gasteiger partial charge is 0.0468 e. The van der Waals surface area contributed by atoms with E-state index in [4.69, 9.17) is 0 Å². The molecule has 0 amide bonds. The van der Waals surface area contributed by atoms with Crippen molar-refractivity contribution in [2.24, 2.45) is 0 Å². The third-order valence-electron chi connectivity index (χ3n) is 14.2. The van der Waals surface area contributed by atoms with Crippen molar-refractivity contribution >= 4 is 55.7 Å². The first kappa shape index (κ1) is 46.0. The van der Waals surface area contributed by atoms with Crippen LogP contribution in [-0.4, -0.2) is 0 Å². The number of hydrogen-bond acceptors (Lipinski definition) is 2. The number of anilines is 6. The molecule has 0 unspecified atom stereocenters. The molecule has 0 aliphatic carbocycles. The molecule has 0 saturated heterocycles. The zero-order chi connectivity index (χ0) is 49.4. The quantitative estimate of drug-likeness (QED) is 0.126. The first-order valence-electron chi connectivity index (χ1n) is 25.2. The molecular formula is C70H60N2. The van der Waals surface area contributed by atoms with E-state index in [1.807, 2.05) is 0 Å². The van der Waals surface area contributed by atoms with E-state index in [2.05, 4.69) is 306 Å². The lowest BCUT2D eigenvalue weighted by Crippen LogP contribution is -2.13. The van der Waals surface area contributed by atoms with E-state index in [0.29, 0.717) is 0 Å². The predicted molar refractivity (Wildman–Crippen MR) is 310 cm³/mol. The van der Waals surface area contributed by atoms with Gasteiger partial charge in [-0.2, -0.15) is 0 Å². The van der Waals surface area contributed by atoms with Gasteiger partial charge in [-0.05, 0) is 161 Å². The van der Waals surface area contributed by atoms with Crippen molar-refractivity contribution in [2.45, 2.75) is 52.4 Å². The van der Waals surface area contributed by atoms with E-state index < -0.39 is 0 Å². The van der Waals surface area contributed by atoms with Crippen molar-refractivity contribution in [3.05, 3.63) is 266 Å². The van der Waals surface area contributed by atoms with E-state index in [1.165, 1.54) is 77.2 Å². The Labute approximate surface area is 426 Å². The molecule has 0 saturated carbocycles. The largest absolute Gasteiger partial charge is 0.310 e. The van der Waals surface area contributed by atoms with Gasteiger partial charge in [0.25, 0.3) is 0 Å². The van der Waals surface area contributed by atoms with Crippen LogP contribution in [-0.2, 0) is 10.8 Å². The van der Waals surface area contributed by atoms with Crippen LogP contribution in [0.3, 0.4) is 0 Å². The van der Waals surface area contributed by atoms with E-state index in [9.17, 15) is 0 Å². The fraction of sp³-hybridized carbons (Fsp3) is 0.114. The molecule has 2 nitrogen and oxygen atoms in total. The molecule has 11 aromatic rings. The zero-order valence-electron chi connectivity index (χ0n) is 42.1. The normalized spacial score (nSPS) is 11.8. The fourth-order valence-electron chi connectivity index (χ4n) is 10.3. The number of hydrogen-bond donors (Lipinski definition) is 0. The Morgan fingerprint density at radius 1 is 0.222 bits per heavy atom. The Kier molecular flexibility index (Phi) is 12.2. The van der Waals surface area contributed by atoms with Crippen molar-refractivity contribution < 1.29 is 0 Å². The summed E-state index contributed by atoms with van der Waals surface area (Å²) in [5.74, 6) is 0. The maximum Gasteiger partial charge on any atom is 0.0468 e. The van der Waals surface area contributed by atoms with Gasteiger partial charge in [-0.15, -0.1) is 0 Å². The Balaban J connectivity index is 1.20. The van der Waals surface area contributed by atoms with Crippen LogP contribution in [0.5, 0.6) is 0 Å². The minimum Gasteiger partial charge on any atom is -0.310 e. The van der Waals surface area contributed by atoms with Crippen LogP contribution in [0.1, 0.15) is 52.7 Å². The topological polar surface area (TPSA) is 6.48 Å². The van der Waals surface area contributed by atoms with Crippen LogP contribution in [0, 0.1) is 0 Å². The lowest BCUT2D eigenvalue weighted by Gasteiger charge is -2.29. The Hall–Kier alpha value is -8.46. The number of benzene rings is 11. The minimum absolute atomic E-state index is 0.0373. The fourth-order valence-corrected chi connectivity index (χ4v) is 10.3. The highest BCUT2D eigenvalue weighted by Crippen LogP contribution is 2.49. The van der Waals surface area contributed by atoms with Gasteiger partial charge < -0.3 is 9.80 Å². The van der Waals surface area contributed by atoms with E-state index in [1.54, 1.807) is 0 Å². The second-order valence-corrected chi connectivity index (χ2v) is 21.0. The summed E-state index contributed by atoms with van der Waals surface area (Å²) >= 11 is 0. The molecule has 0 N–H and O–H groups in total. The second kappa shape index (κ2) is 19.0. The van der Waals surface area contributed by atoms with E-state index >= 15 is 0 Å². The molecule has 0 radical (unpaired) electrons. The van der Waals surface area contributed by atoms with Crippen LogP contribution in [0.15, 0.2) is 255 Å². The lowest BCUT2D eigenvalue weighted by molar-refractivity contribution is 0.590. The Morgan fingerprint density at radius 3 is 0.806 bits per heavy atom. The molecule has 0 atom stereocenters. The first-order chi connectivity index (χ1) is 35.0. The molecular weight excluding hydrogens is 869 g/mol. The van der Waals surface area contributed by atoms with Crippen molar-refractivity contribution in [2.75, 3.05) is 9.80 Å². The summed E-state index contributed by atoms with van der Waals surface area (Å²) in [6.07, 6.45) is 0. The van der Waals surface area contributed by atoms with Crippen LogP contribution in [0.2, 0.25) is 0 Å². The van der Waals surface area contributed by atoms with E-state index in [-0.39, 0.29) is 10.8 Å². The average Bonchev–Trinajstić information content (AvgIpc) is 3.41. The predicted octanol–water partition coefficient (Wildman–Crippen LogP) is 20.2. The second-order valence-electron chi connectivity index (χ2n) is 21.0. The zero-order valence-corrected chi connectivity index (χ0v) is 42.1. The maximum atomic E-state index is 2.43. The summed E-state index contributed by atoms with van der Waals surface area (Å²) < 4.78 is 0. The number of rotatable bonds is 10. The van der Waals surface area contributed by atoms with Gasteiger partial charge in [-0.3, -0.25) is 0 Å². The molecule has 11 rings (SSSR count). The molecule has 350 valence electrons. The van der Waals surface area contributed by atoms with Crippen molar-refractivity contribution in [1.29, 1.82) is 0 Å². The number of nitrogens with zero attached hydrogens (tertiary/aromatic N) is 2. The van der Waals surface area contributed by atoms with Crippen LogP contribution in [0.25, 0.3) is 66.1 Å². The van der Waals surface area contributed by atoms with Crippen molar-refractivity contribution in [3.63, 3.8) is 0 Å². The molecule has 2 heteroatoms. The summed E-state index contributed by atoms with van der Waals surface area (Å²) in [5.41, 5.74) is 18.8. The summed E-state index contributed by atoms with van der Waals surface area (Å²) in [4.78, 5) is 4.80.